The monoisotopic (exact) mass is 477 g/mol. The van der Waals surface area contributed by atoms with E-state index in [4.69, 9.17) is 9.47 Å². The average molecular weight is 478 g/mol. The van der Waals surface area contributed by atoms with Crippen LogP contribution in [0, 0.1) is 28.6 Å². The topological polar surface area (TPSA) is 118 Å². The molecule has 1 heterocycles. The lowest BCUT2D eigenvalue weighted by atomic mass is 9.78. The molecule has 1 unspecified atom stereocenters. The van der Waals surface area contributed by atoms with Gasteiger partial charge in [-0.15, -0.1) is 0 Å². The van der Waals surface area contributed by atoms with Gasteiger partial charge in [-0.25, -0.2) is 0 Å². The number of amides is 2. The van der Waals surface area contributed by atoms with Crippen molar-refractivity contribution in [1.82, 2.24) is 5.32 Å². The molecule has 4 rings (SSSR count). The Bertz CT molecular complexity index is 1130. The van der Waals surface area contributed by atoms with Gasteiger partial charge in [0.25, 0.3) is 0 Å². The molecule has 1 spiro atoms. The minimum atomic E-state index is -0.286. The number of nitriles is 1. The molecule has 1 fully saturated rings. The van der Waals surface area contributed by atoms with Crippen LogP contribution in [0.1, 0.15) is 50.2 Å². The summed E-state index contributed by atoms with van der Waals surface area (Å²) in [6.07, 6.45) is 7.20. The molecular formula is C27H31N3O5. The van der Waals surface area contributed by atoms with Gasteiger partial charge in [0.05, 0.1) is 30.8 Å². The van der Waals surface area contributed by atoms with Gasteiger partial charge in [-0.3, -0.25) is 14.4 Å². The molecule has 3 atom stereocenters. The van der Waals surface area contributed by atoms with E-state index >= 15 is 0 Å². The second kappa shape index (κ2) is 10.3. The Balaban J connectivity index is 1.48. The van der Waals surface area contributed by atoms with Gasteiger partial charge in [-0.1, -0.05) is 12.1 Å². The molecule has 0 saturated heterocycles. The molecule has 35 heavy (non-hydrogen) atoms. The van der Waals surface area contributed by atoms with Crippen LogP contribution in [-0.2, 0) is 30.3 Å². The summed E-state index contributed by atoms with van der Waals surface area (Å²) in [6, 6.07) is 7.36. The fourth-order valence-electron chi connectivity index (χ4n) is 5.25. The fourth-order valence-corrected chi connectivity index (χ4v) is 5.25. The zero-order valence-electron chi connectivity index (χ0n) is 20.2. The molecule has 2 amide bonds. The second-order valence-electron chi connectivity index (χ2n) is 9.27. The Kier molecular flexibility index (Phi) is 7.25. The summed E-state index contributed by atoms with van der Waals surface area (Å²) in [4.78, 5) is 37.3. The van der Waals surface area contributed by atoms with Gasteiger partial charge in [0.2, 0.25) is 11.8 Å². The number of nitrogens with one attached hydrogen (secondary N) is 2. The van der Waals surface area contributed by atoms with Gasteiger partial charge >= 0.3 is 5.97 Å². The SMILES string of the molecule is CCOC(=O)CCCc1ccc(C#N)cc1NC(=O)[C@@H]1C[C@]12CCOC1=C2CC(C(=O)NC)C=C1. The van der Waals surface area contributed by atoms with Crippen LogP contribution in [0.4, 0.5) is 5.69 Å². The number of carbonyl (C=O) groups is 3. The van der Waals surface area contributed by atoms with Crippen LogP contribution >= 0.6 is 0 Å². The Morgan fingerprint density at radius 3 is 2.86 bits per heavy atom. The largest absolute Gasteiger partial charge is 0.494 e. The fraction of sp³-hybridized carbons (Fsp3) is 0.481. The molecule has 8 heteroatoms. The van der Waals surface area contributed by atoms with Crippen LogP contribution in [0.3, 0.4) is 0 Å². The van der Waals surface area contributed by atoms with Crippen LogP contribution in [0.5, 0.6) is 0 Å². The lowest BCUT2D eigenvalue weighted by Crippen LogP contribution is -2.32. The smallest absolute Gasteiger partial charge is 0.305 e. The van der Waals surface area contributed by atoms with Gasteiger partial charge in [-0.05, 0) is 68.4 Å². The Morgan fingerprint density at radius 2 is 2.11 bits per heavy atom. The number of hydrogen-bond donors (Lipinski definition) is 2. The number of anilines is 1. The molecule has 2 aliphatic carbocycles. The van der Waals surface area contributed by atoms with E-state index < -0.39 is 0 Å². The lowest BCUT2D eigenvalue weighted by molar-refractivity contribution is -0.143. The highest BCUT2D eigenvalue weighted by Crippen LogP contribution is 2.64. The molecule has 1 aromatic carbocycles. The molecule has 0 aromatic heterocycles. The molecule has 184 valence electrons. The number of aryl methyl sites for hydroxylation is 1. The van der Waals surface area contributed by atoms with E-state index in [0.29, 0.717) is 56.6 Å². The van der Waals surface area contributed by atoms with Gasteiger partial charge in [-0.2, -0.15) is 5.26 Å². The summed E-state index contributed by atoms with van der Waals surface area (Å²) in [7, 11) is 1.63. The van der Waals surface area contributed by atoms with Crippen LogP contribution in [0.15, 0.2) is 41.7 Å². The maximum atomic E-state index is 13.4. The molecule has 0 radical (unpaired) electrons. The first-order valence-electron chi connectivity index (χ1n) is 12.2. The summed E-state index contributed by atoms with van der Waals surface area (Å²) in [6.45, 7) is 2.67. The highest BCUT2D eigenvalue weighted by atomic mass is 16.5. The third-order valence-electron chi connectivity index (χ3n) is 7.21. The number of hydrogen-bond acceptors (Lipinski definition) is 6. The van der Waals surface area contributed by atoms with Crippen molar-refractivity contribution in [3.05, 3.63) is 52.8 Å². The number of allylic oxidation sites excluding steroid dienone is 2. The van der Waals surface area contributed by atoms with Crippen molar-refractivity contribution in [3.63, 3.8) is 0 Å². The molecular weight excluding hydrogens is 446 g/mol. The molecule has 2 N–H and O–H groups in total. The van der Waals surface area contributed by atoms with Gasteiger partial charge in [0.1, 0.15) is 5.76 Å². The second-order valence-corrected chi connectivity index (χ2v) is 9.27. The summed E-state index contributed by atoms with van der Waals surface area (Å²) >= 11 is 0. The van der Waals surface area contributed by atoms with E-state index in [0.717, 1.165) is 23.3 Å². The van der Waals surface area contributed by atoms with Crippen LogP contribution < -0.4 is 10.6 Å². The van der Waals surface area contributed by atoms with Crippen molar-refractivity contribution in [3.8, 4) is 6.07 Å². The molecule has 3 aliphatic rings. The van der Waals surface area contributed by atoms with Crippen molar-refractivity contribution in [2.24, 2.45) is 17.3 Å². The molecule has 1 aromatic rings. The molecule has 0 bridgehead atoms. The maximum absolute atomic E-state index is 13.4. The van der Waals surface area contributed by atoms with E-state index in [9.17, 15) is 19.6 Å². The predicted molar refractivity (Wildman–Crippen MR) is 129 cm³/mol. The number of esters is 1. The van der Waals surface area contributed by atoms with Gasteiger partial charge in [0.15, 0.2) is 0 Å². The third-order valence-corrected chi connectivity index (χ3v) is 7.21. The van der Waals surface area contributed by atoms with Crippen LogP contribution in [-0.4, -0.2) is 38.0 Å². The lowest BCUT2D eigenvalue weighted by Gasteiger charge is -2.33. The first kappa shape index (κ1) is 24.5. The first-order valence-corrected chi connectivity index (χ1v) is 12.2. The van der Waals surface area contributed by atoms with Gasteiger partial charge in [0, 0.05) is 30.5 Å². The zero-order chi connectivity index (χ0) is 25.0. The van der Waals surface area contributed by atoms with Crippen molar-refractivity contribution in [1.29, 1.82) is 5.26 Å². The quantitative estimate of drug-likeness (QED) is 0.554. The summed E-state index contributed by atoms with van der Waals surface area (Å²) < 4.78 is 10.8. The van der Waals surface area contributed by atoms with Crippen LogP contribution in [0.25, 0.3) is 0 Å². The Hall–Kier alpha value is -3.60. The standard InChI is InChI=1S/C27H31N3O5/c1-3-34-24(31)6-4-5-18-8-7-17(16-28)13-22(18)30-26(33)21-15-27(21)11-12-35-23-10-9-19(14-20(23)27)25(32)29-2/h7-10,13,19,21H,3-6,11-12,14-15H2,1-2H3,(H,29,32)(H,30,33)/t19?,21-,27-/m0/s1. The van der Waals surface area contributed by atoms with Crippen molar-refractivity contribution in [2.75, 3.05) is 25.6 Å². The highest BCUT2D eigenvalue weighted by molar-refractivity contribution is 5.96. The number of carbonyl (C=O) groups excluding carboxylic acids is 3. The van der Waals surface area contributed by atoms with Crippen LogP contribution in [0.2, 0.25) is 0 Å². The summed E-state index contributed by atoms with van der Waals surface area (Å²) in [5, 5.41) is 15.1. The van der Waals surface area contributed by atoms with E-state index in [2.05, 4.69) is 16.7 Å². The van der Waals surface area contributed by atoms with E-state index in [1.54, 1.807) is 26.1 Å². The number of benzene rings is 1. The Morgan fingerprint density at radius 1 is 1.29 bits per heavy atom. The normalized spacial score (nSPS) is 24.1. The van der Waals surface area contributed by atoms with Crippen molar-refractivity contribution in [2.45, 2.75) is 45.4 Å². The molecule has 1 aliphatic heterocycles. The Labute approximate surface area is 205 Å². The first-order chi connectivity index (χ1) is 16.9. The van der Waals surface area contributed by atoms with E-state index in [1.807, 2.05) is 18.2 Å². The van der Waals surface area contributed by atoms with Crippen molar-refractivity contribution < 1.29 is 23.9 Å². The minimum absolute atomic E-state index is 0.0454. The number of fused-ring (bicyclic) bond motifs is 1. The molecule has 8 nitrogen and oxygen atoms in total. The number of rotatable bonds is 8. The zero-order valence-corrected chi connectivity index (χ0v) is 20.2. The average Bonchev–Trinajstić information content (AvgIpc) is 3.59. The molecule has 1 saturated carbocycles. The maximum Gasteiger partial charge on any atom is 0.305 e. The highest BCUT2D eigenvalue weighted by Gasteiger charge is 2.62. The number of nitrogens with zero attached hydrogens (tertiary/aromatic N) is 1. The van der Waals surface area contributed by atoms with Gasteiger partial charge < -0.3 is 20.1 Å². The number of ether oxygens (including phenoxy) is 2. The minimum Gasteiger partial charge on any atom is -0.494 e. The summed E-state index contributed by atoms with van der Waals surface area (Å²) in [5.74, 6) is -0.0709. The predicted octanol–water partition coefficient (Wildman–Crippen LogP) is 3.39. The third kappa shape index (κ3) is 5.09. The van der Waals surface area contributed by atoms with E-state index in [-0.39, 0.29) is 35.0 Å². The summed E-state index contributed by atoms with van der Waals surface area (Å²) in [5.41, 5.74) is 2.71. The van der Waals surface area contributed by atoms with Crippen molar-refractivity contribution >= 4 is 23.5 Å². The van der Waals surface area contributed by atoms with E-state index in [1.165, 1.54) is 0 Å².